The first-order chi connectivity index (χ1) is 10.1. The van der Waals surface area contributed by atoms with Crippen LogP contribution in [0.15, 0.2) is 29.2 Å². The number of carbonyl (C=O) groups is 1. The second-order valence-corrected chi connectivity index (χ2v) is 6.28. The summed E-state index contributed by atoms with van der Waals surface area (Å²) in [6, 6.07) is 8.71. The van der Waals surface area contributed by atoms with Crippen molar-refractivity contribution in [3.05, 3.63) is 24.3 Å². The van der Waals surface area contributed by atoms with Crippen LogP contribution in [0.5, 0.6) is 0 Å². The number of anilines is 1. The second-order valence-electron chi connectivity index (χ2n) is 5.26. The summed E-state index contributed by atoms with van der Waals surface area (Å²) in [6.45, 7) is 4.64. The number of para-hydroxylation sites is 1. The summed E-state index contributed by atoms with van der Waals surface area (Å²) in [7, 11) is 0. The van der Waals surface area contributed by atoms with Gasteiger partial charge in [-0.1, -0.05) is 12.1 Å². The third-order valence-corrected chi connectivity index (χ3v) is 4.39. The van der Waals surface area contributed by atoms with Gasteiger partial charge in [0.15, 0.2) is 0 Å². The minimum Gasteiger partial charge on any atom is -0.382 e. The fourth-order valence-corrected chi connectivity index (χ4v) is 3.14. The molecule has 1 aliphatic rings. The van der Waals surface area contributed by atoms with Crippen molar-refractivity contribution < 1.29 is 9.53 Å². The normalized spacial score (nSPS) is 20.0. The number of morpholine rings is 1. The Hall–Kier alpha value is -1.24. The summed E-state index contributed by atoms with van der Waals surface area (Å²) >= 11 is 1.47. The highest BCUT2D eigenvalue weighted by molar-refractivity contribution is 8.00. The molecule has 0 spiro atoms. The molecule has 1 aromatic rings. The van der Waals surface area contributed by atoms with Crippen LogP contribution in [0.2, 0.25) is 0 Å². The van der Waals surface area contributed by atoms with Crippen LogP contribution in [0.3, 0.4) is 0 Å². The molecular weight excluding hydrogens is 286 g/mol. The smallest absolute Gasteiger partial charge is 0.227 e. The Morgan fingerprint density at radius 1 is 1.57 bits per heavy atom. The Morgan fingerprint density at radius 2 is 2.38 bits per heavy atom. The van der Waals surface area contributed by atoms with E-state index < -0.39 is 0 Å². The number of nitrogens with two attached hydrogens (primary N) is 1. The van der Waals surface area contributed by atoms with E-state index in [0.29, 0.717) is 17.8 Å². The predicted octanol–water partition coefficient (Wildman–Crippen LogP) is 1.44. The van der Waals surface area contributed by atoms with E-state index in [1.165, 1.54) is 11.8 Å². The van der Waals surface area contributed by atoms with E-state index in [0.717, 1.165) is 36.8 Å². The summed E-state index contributed by atoms with van der Waals surface area (Å²) in [4.78, 5) is 12.0. The molecule has 2 atom stereocenters. The largest absolute Gasteiger partial charge is 0.382 e. The molecule has 1 heterocycles. The van der Waals surface area contributed by atoms with Gasteiger partial charge in [0.25, 0.3) is 0 Å². The molecule has 0 aromatic heterocycles. The second kappa shape index (κ2) is 8.26. The summed E-state index contributed by atoms with van der Waals surface area (Å²) in [5, 5.41) is 6.97. The molecule has 0 aliphatic carbocycles. The molecule has 1 amide bonds. The minimum absolute atomic E-state index is 0.297. The van der Waals surface area contributed by atoms with E-state index in [9.17, 15) is 4.79 Å². The van der Waals surface area contributed by atoms with Crippen molar-refractivity contribution in [1.82, 2.24) is 5.32 Å². The number of ether oxygens (including phenoxy) is 1. The monoisotopic (exact) mass is 309 g/mol. The van der Waals surface area contributed by atoms with Crippen LogP contribution in [0.25, 0.3) is 0 Å². The zero-order valence-electron chi connectivity index (χ0n) is 12.3. The summed E-state index contributed by atoms with van der Waals surface area (Å²) in [5.41, 5.74) is 6.26. The maximum Gasteiger partial charge on any atom is 0.227 e. The molecule has 21 heavy (non-hydrogen) atoms. The highest BCUT2D eigenvalue weighted by Gasteiger charge is 2.16. The Morgan fingerprint density at radius 3 is 3.10 bits per heavy atom. The van der Waals surface area contributed by atoms with Crippen molar-refractivity contribution in [2.45, 2.75) is 30.3 Å². The number of benzene rings is 1. The average Bonchev–Trinajstić information content (AvgIpc) is 2.47. The third kappa shape index (κ3) is 5.57. The molecule has 4 N–H and O–H groups in total. The van der Waals surface area contributed by atoms with Gasteiger partial charge in [0, 0.05) is 29.2 Å². The lowest BCUT2D eigenvalue weighted by atomic mass is 10.1. The molecule has 2 rings (SSSR count). The van der Waals surface area contributed by atoms with Crippen LogP contribution in [-0.4, -0.2) is 43.5 Å². The van der Waals surface area contributed by atoms with Crippen LogP contribution in [0.1, 0.15) is 13.3 Å². The minimum atomic E-state index is -0.300. The first-order valence-corrected chi connectivity index (χ1v) is 8.21. The SMILES string of the molecule is CC(CC1COCCN1)Nc1ccccc1SCC(N)=O. The molecule has 5 nitrogen and oxygen atoms in total. The molecule has 1 fully saturated rings. The average molecular weight is 309 g/mol. The molecule has 0 bridgehead atoms. The Bertz CT molecular complexity index is 464. The molecule has 6 heteroatoms. The van der Waals surface area contributed by atoms with E-state index in [2.05, 4.69) is 17.6 Å². The van der Waals surface area contributed by atoms with Gasteiger partial charge >= 0.3 is 0 Å². The summed E-state index contributed by atoms with van der Waals surface area (Å²) < 4.78 is 5.48. The molecule has 0 radical (unpaired) electrons. The standard InChI is InChI=1S/C15H23N3O2S/c1-11(8-12-9-20-7-6-17-12)18-13-4-2-3-5-14(13)21-10-15(16)19/h2-5,11-12,17-18H,6-10H2,1H3,(H2,16,19). The van der Waals surface area contributed by atoms with Gasteiger partial charge in [-0.15, -0.1) is 11.8 Å². The number of hydrogen-bond donors (Lipinski definition) is 3. The molecule has 1 saturated heterocycles. The van der Waals surface area contributed by atoms with Crippen LogP contribution in [-0.2, 0) is 9.53 Å². The van der Waals surface area contributed by atoms with Crippen molar-refractivity contribution in [3.63, 3.8) is 0 Å². The topological polar surface area (TPSA) is 76.4 Å². The number of rotatable bonds is 7. The van der Waals surface area contributed by atoms with E-state index in [4.69, 9.17) is 10.5 Å². The molecular formula is C15H23N3O2S. The van der Waals surface area contributed by atoms with Crippen LogP contribution in [0, 0.1) is 0 Å². The number of thioether (sulfide) groups is 1. The van der Waals surface area contributed by atoms with Gasteiger partial charge < -0.3 is 21.1 Å². The van der Waals surface area contributed by atoms with E-state index in [-0.39, 0.29) is 5.91 Å². The molecule has 1 aliphatic heterocycles. The number of amides is 1. The molecule has 116 valence electrons. The van der Waals surface area contributed by atoms with Crippen LogP contribution >= 0.6 is 11.8 Å². The van der Waals surface area contributed by atoms with Crippen molar-refractivity contribution in [1.29, 1.82) is 0 Å². The highest BCUT2D eigenvalue weighted by atomic mass is 32.2. The van der Waals surface area contributed by atoms with Gasteiger partial charge in [0.1, 0.15) is 0 Å². The fraction of sp³-hybridized carbons (Fsp3) is 0.533. The molecule has 0 saturated carbocycles. The van der Waals surface area contributed by atoms with Crippen molar-refractivity contribution in [2.24, 2.45) is 5.73 Å². The zero-order valence-corrected chi connectivity index (χ0v) is 13.1. The van der Waals surface area contributed by atoms with Gasteiger partial charge in [-0.25, -0.2) is 0 Å². The Kier molecular flexibility index (Phi) is 6.35. The highest BCUT2D eigenvalue weighted by Crippen LogP contribution is 2.27. The van der Waals surface area contributed by atoms with E-state index >= 15 is 0 Å². The van der Waals surface area contributed by atoms with Gasteiger partial charge in [-0.3, -0.25) is 4.79 Å². The lowest BCUT2D eigenvalue weighted by Crippen LogP contribution is -2.43. The number of primary amides is 1. The third-order valence-electron chi connectivity index (χ3n) is 3.30. The van der Waals surface area contributed by atoms with Crippen molar-refractivity contribution in [3.8, 4) is 0 Å². The molecule has 2 unspecified atom stereocenters. The van der Waals surface area contributed by atoms with Crippen molar-refractivity contribution in [2.75, 3.05) is 30.8 Å². The van der Waals surface area contributed by atoms with Gasteiger partial charge in [0.05, 0.1) is 19.0 Å². The predicted molar refractivity (Wildman–Crippen MR) is 86.7 cm³/mol. The lowest BCUT2D eigenvalue weighted by Gasteiger charge is -2.27. The Balaban J connectivity index is 1.89. The van der Waals surface area contributed by atoms with Crippen LogP contribution in [0.4, 0.5) is 5.69 Å². The Labute approximate surface area is 130 Å². The lowest BCUT2D eigenvalue weighted by molar-refractivity contribution is -0.115. The maximum absolute atomic E-state index is 10.9. The van der Waals surface area contributed by atoms with Gasteiger partial charge in [0.2, 0.25) is 5.91 Å². The quantitative estimate of drug-likeness (QED) is 0.665. The fourth-order valence-electron chi connectivity index (χ4n) is 2.38. The van der Waals surface area contributed by atoms with Gasteiger partial charge in [-0.05, 0) is 25.5 Å². The van der Waals surface area contributed by atoms with E-state index in [1.54, 1.807) is 0 Å². The summed E-state index contributed by atoms with van der Waals surface area (Å²) in [6.07, 6.45) is 0.995. The number of hydrogen-bond acceptors (Lipinski definition) is 5. The number of carbonyl (C=O) groups excluding carboxylic acids is 1. The van der Waals surface area contributed by atoms with Gasteiger partial charge in [-0.2, -0.15) is 0 Å². The number of nitrogens with one attached hydrogen (secondary N) is 2. The maximum atomic E-state index is 10.9. The molecule has 1 aromatic carbocycles. The van der Waals surface area contributed by atoms with E-state index in [1.807, 2.05) is 24.3 Å². The first-order valence-electron chi connectivity index (χ1n) is 7.23. The summed E-state index contributed by atoms with van der Waals surface area (Å²) in [5.74, 6) is -0.00290. The van der Waals surface area contributed by atoms with Crippen LogP contribution < -0.4 is 16.4 Å². The van der Waals surface area contributed by atoms with Crippen molar-refractivity contribution >= 4 is 23.4 Å². The first kappa shape index (κ1) is 16.1. The zero-order chi connectivity index (χ0) is 15.1.